The second-order valence-electron chi connectivity index (χ2n) is 14.5. The van der Waals surface area contributed by atoms with Gasteiger partial charge in [-0.1, -0.05) is 96.4 Å². The predicted octanol–water partition coefficient (Wildman–Crippen LogP) is 10.3. The molecule has 0 spiro atoms. The Bertz CT molecular complexity index is 952. The number of hydrogen-bond donors (Lipinski definition) is 0. The summed E-state index contributed by atoms with van der Waals surface area (Å²) in [7, 11) is 0. The van der Waals surface area contributed by atoms with Crippen molar-refractivity contribution in [2.24, 2.45) is 52.3 Å². The molecule has 0 bridgehead atoms. The highest BCUT2D eigenvalue weighted by atomic mass is 16.5. The van der Waals surface area contributed by atoms with Crippen molar-refractivity contribution in [2.75, 3.05) is 0 Å². The number of carbonyl (C=O) groups is 1. The summed E-state index contributed by atoms with van der Waals surface area (Å²) in [5.74, 6) is 5.80. The monoisotopic (exact) mass is 534 g/mol. The van der Waals surface area contributed by atoms with Crippen molar-refractivity contribution in [3.05, 3.63) is 48.1 Å². The second-order valence-corrected chi connectivity index (χ2v) is 14.5. The lowest BCUT2D eigenvalue weighted by Gasteiger charge is -2.58. The van der Waals surface area contributed by atoms with Gasteiger partial charge in [-0.25, -0.2) is 4.79 Å². The minimum Gasteiger partial charge on any atom is -0.459 e. The number of ether oxygens (including phenoxy) is 1. The Morgan fingerprint density at radius 1 is 1.00 bits per heavy atom. The zero-order valence-corrected chi connectivity index (χ0v) is 26.3. The van der Waals surface area contributed by atoms with Gasteiger partial charge in [-0.15, -0.1) is 0 Å². The third-order valence-corrected chi connectivity index (χ3v) is 12.3. The third-order valence-electron chi connectivity index (χ3n) is 12.3. The van der Waals surface area contributed by atoms with E-state index in [2.05, 4.69) is 47.6 Å². The molecule has 39 heavy (non-hydrogen) atoms. The Hall–Kier alpha value is -1.57. The molecule has 4 aliphatic rings. The maximum absolute atomic E-state index is 12.4. The lowest BCUT2D eigenvalue weighted by atomic mass is 9.47. The van der Waals surface area contributed by atoms with Crippen molar-refractivity contribution < 1.29 is 9.53 Å². The topological polar surface area (TPSA) is 26.3 Å². The zero-order chi connectivity index (χ0) is 28.2. The van der Waals surface area contributed by atoms with Gasteiger partial charge in [0.25, 0.3) is 0 Å². The van der Waals surface area contributed by atoms with E-state index in [9.17, 15) is 4.79 Å². The summed E-state index contributed by atoms with van der Waals surface area (Å²) in [5, 5.41) is 0. The summed E-state index contributed by atoms with van der Waals surface area (Å²) >= 11 is 0. The Morgan fingerprint density at radius 3 is 2.49 bits per heavy atom. The van der Waals surface area contributed by atoms with E-state index in [4.69, 9.17) is 4.74 Å². The smallest absolute Gasteiger partial charge is 0.331 e. The molecule has 0 heterocycles. The van der Waals surface area contributed by atoms with Crippen LogP contribution in [0.15, 0.2) is 48.1 Å². The number of allylic oxidation sites excluding steroid dienone is 6. The van der Waals surface area contributed by atoms with Gasteiger partial charge in [0.05, 0.1) is 0 Å². The summed E-state index contributed by atoms with van der Waals surface area (Å²) in [5.41, 5.74) is 2.42. The van der Waals surface area contributed by atoms with Crippen molar-refractivity contribution >= 4 is 5.97 Å². The van der Waals surface area contributed by atoms with E-state index >= 15 is 0 Å². The van der Waals surface area contributed by atoms with E-state index in [-0.39, 0.29) is 12.1 Å². The fourth-order valence-corrected chi connectivity index (χ4v) is 9.97. The largest absolute Gasteiger partial charge is 0.459 e. The molecule has 2 nitrogen and oxygen atoms in total. The Labute approximate surface area is 240 Å². The van der Waals surface area contributed by atoms with Crippen LogP contribution < -0.4 is 0 Å². The fraction of sp³-hybridized carbons (Fsp3) is 0.757. The van der Waals surface area contributed by atoms with Crippen molar-refractivity contribution in [3.8, 4) is 0 Å². The van der Waals surface area contributed by atoms with Gasteiger partial charge in [0, 0.05) is 12.5 Å². The molecule has 0 amide bonds. The normalized spacial score (nSPS) is 38.1. The number of carbonyl (C=O) groups excluding carboxylic acids is 1. The van der Waals surface area contributed by atoms with Crippen LogP contribution in [0, 0.1) is 52.3 Å². The summed E-state index contributed by atoms with van der Waals surface area (Å²) in [4.78, 5) is 12.4. The number of hydrogen-bond acceptors (Lipinski definition) is 2. The molecule has 0 aliphatic heterocycles. The van der Waals surface area contributed by atoms with Crippen LogP contribution in [-0.4, -0.2) is 12.1 Å². The van der Waals surface area contributed by atoms with Crippen molar-refractivity contribution in [2.45, 2.75) is 125 Å². The van der Waals surface area contributed by atoms with Gasteiger partial charge in [0.1, 0.15) is 6.10 Å². The van der Waals surface area contributed by atoms with Crippen molar-refractivity contribution in [1.29, 1.82) is 0 Å². The van der Waals surface area contributed by atoms with Gasteiger partial charge in [0.15, 0.2) is 0 Å². The van der Waals surface area contributed by atoms with Gasteiger partial charge < -0.3 is 4.74 Å². The number of fused-ring (bicyclic) bond motifs is 5. The van der Waals surface area contributed by atoms with Gasteiger partial charge in [-0.3, -0.25) is 0 Å². The molecule has 0 aromatic heterocycles. The molecule has 218 valence electrons. The second kappa shape index (κ2) is 12.9. The summed E-state index contributed by atoms with van der Waals surface area (Å²) in [6.07, 6.45) is 27.9. The van der Waals surface area contributed by atoms with Crippen LogP contribution in [0.3, 0.4) is 0 Å². The van der Waals surface area contributed by atoms with E-state index < -0.39 is 0 Å². The molecular formula is C37H58O2. The van der Waals surface area contributed by atoms with E-state index in [1.54, 1.807) is 17.7 Å². The predicted molar refractivity (Wildman–Crippen MR) is 165 cm³/mol. The van der Waals surface area contributed by atoms with Crippen LogP contribution in [0.4, 0.5) is 0 Å². The van der Waals surface area contributed by atoms with Gasteiger partial charge in [-0.05, 0) is 111 Å². The van der Waals surface area contributed by atoms with E-state index in [1.807, 2.05) is 31.2 Å². The quantitative estimate of drug-likeness (QED) is 0.121. The molecule has 2 heteroatoms. The molecule has 9 atom stereocenters. The Balaban J connectivity index is 1.38. The van der Waals surface area contributed by atoms with Gasteiger partial charge in [-0.2, -0.15) is 0 Å². The number of rotatable bonds is 10. The Morgan fingerprint density at radius 2 is 1.77 bits per heavy atom. The lowest BCUT2D eigenvalue weighted by Crippen LogP contribution is -2.51. The van der Waals surface area contributed by atoms with Crippen LogP contribution in [0.2, 0.25) is 0 Å². The maximum atomic E-state index is 12.4. The average Bonchev–Trinajstić information content (AvgIpc) is 3.26. The van der Waals surface area contributed by atoms with Crippen LogP contribution in [0.25, 0.3) is 0 Å². The van der Waals surface area contributed by atoms with E-state index in [0.29, 0.717) is 10.8 Å². The van der Waals surface area contributed by atoms with E-state index in [1.165, 1.54) is 57.8 Å². The minimum atomic E-state index is -0.207. The molecule has 4 aliphatic carbocycles. The van der Waals surface area contributed by atoms with Crippen LogP contribution in [0.5, 0.6) is 0 Å². The van der Waals surface area contributed by atoms with Crippen LogP contribution in [0.1, 0.15) is 119 Å². The lowest BCUT2D eigenvalue weighted by molar-refractivity contribution is -0.145. The van der Waals surface area contributed by atoms with Gasteiger partial charge in [0.2, 0.25) is 0 Å². The molecule has 3 fully saturated rings. The summed E-state index contributed by atoms with van der Waals surface area (Å²) in [6, 6.07) is 0. The summed E-state index contributed by atoms with van der Waals surface area (Å²) < 4.78 is 5.90. The van der Waals surface area contributed by atoms with E-state index in [0.717, 1.165) is 54.3 Å². The van der Waals surface area contributed by atoms with Gasteiger partial charge >= 0.3 is 5.97 Å². The molecule has 0 aromatic carbocycles. The highest BCUT2D eigenvalue weighted by molar-refractivity contribution is 5.82. The summed E-state index contributed by atoms with van der Waals surface area (Å²) in [6.45, 7) is 17.0. The molecule has 4 unspecified atom stereocenters. The highest BCUT2D eigenvalue weighted by Crippen LogP contribution is 2.67. The molecule has 0 N–H and O–H groups in total. The first kappa shape index (κ1) is 30.4. The molecule has 0 radical (unpaired) electrons. The van der Waals surface area contributed by atoms with Crippen LogP contribution >= 0.6 is 0 Å². The van der Waals surface area contributed by atoms with Crippen molar-refractivity contribution in [3.63, 3.8) is 0 Å². The van der Waals surface area contributed by atoms with Crippen molar-refractivity contribution in [1.82, 2.24) is 0 Å². The molecule has 3 saturated carbocycles. The standard InChI is InChI=1S/C37H58O2/c1-8-10-11-12-13-14-35(38)39-30-21-23-36(6)29(25-30)17-18-31-33-20-19-32(37(33,7)24-22-34(31)36)27(5)15-16-28(9-2)26(3)4/h8,10-14,17,26-28,30-34H,9,15-16,18-25H2,1-7H3/b10-8+,12-11+,14-13+/t27-,28-,30+,31?,32?,33?,34?,36+,37-/m1/s1. The first-order valence-electron chi connectivity index (χ1n) is 16.5. The minimum absolute atomic E-state index is 0.0286. The SMILES string of the molecule is C/C=C/C=C/C=C/C(=O)O[C@H]1CC[C@@]2(C)C(=CCC3C4CCC([C@H](C)CC[C@@H](CC)C(C)C)[C@@]4(C)CCC32)C1. The fourth-order valence-electron chi connectivity index (χ4n) is 9.97. The first-order chi connectivity index (χ1) is 18.6. The molecular weight excluding hydrogens is 476 g/mol. The molecule has 4 rings (SSSR count). The molecule has 0 aromatic rings. The average molecular weight is 535 g/mol. The maximum Gasteiger partial charge on any atom is 0.331 e. The molecule has 0 saturated heterocycles. The number of esters is 1. The van der Waals surface area contributed by atoms with Crippen LogP contribution in [-0.2, 0) is 9.53 Å². The third kappa shape index (κ3) is 6.36. The first-order valence-corrected chi connectivity index (χ1v) is 16.5. The zero-order valence-electron chi connectivity index (χ0n) is 26.3. The Kier molecular flexibility index (Phi) is 10.1. The highest BCUT2D eigenvalue weighted by Gasteiger charge is 2.59.